The molecule has 0 bridgehead atoms. The first-order chi connectivity index (χ1) is 16.0. The molecular weight excluding hydrogens is 455 g/mol. The Labute approximate surface area is 202 Å². The summed E-state index contributed by atoms with van der Waals surface area (Å²) in [5.41, 5.74) is 5.20. The van der Waals surface area contributed by atoms with Crippen molar-refractivity contribution in [3.05, 3.63) is 100 Å². The predicted octanol–water partition coefficient (Wildman–Crippen LogP) is 6.70. The molecule has 0 N–H and O–H groups in total. The Morgan fingerprint density at radius 2 is 1.88 bits per heavy atom. The summed E-state index contributed by atoms with van der Waals surface area (Å²) in [6.45, 7) is 4.32. The van der Waals surface area contributed by atoms with Gasteiger partial charge in [-0.2, -0.15) is 0 Å². The monoisotopic (exact) mass is 478 g/mol. The molecule has 0 saturated heterocycles. The number of imidazole rings is 1. The lowest BCUT2D eigenvalue weighted by Crippen LogP contribution is -2.31. The zero-order valence-corrected chi connectivity index (χ0v) is 20.1. The highest BCUT2D eigenvalue weighted by atomic mass is 35.5. The molecule has 33 heavy (non-hydrogen) atoms. The van der Waals surface area contributed by atoms with E-state index in [0.717, 1.165) is 52.2 Å². The van der Waals surface area contributed by atoms with Crippen LogP contribution in [0.4, 0.5) is 4.39 Å². The molecule has 1 aliphatic carbocycles. The van der Waals surface area contributed by atoms with E-state index in [-0.39, 0.29) is 11.2 Å². The van der Waals surface area contributed by atoms with Crippen LogP contribution in [0.2, 0.25) is 5.02 Å². The van der Waals surface area contributed by atoms with Crippen molar-refractivity contribution in [3.8, 4) is 5.69 Å². The molecule has 2 aromatic carbocycles. The standard InChI is InChI=1S/C26H24ClFN4S/c1-17-15-18(6-11-21(17)27)26(2)12-3-5-22-24(26)32(20-9-7-19(28)8-10-20)25(31-22)33-16-23-29-13-4-14-30-23/h4,6-11,13-15H,3,5,12,16H2,1-2H3. The van der Waals surface area contributed by atoms with Crippen molar-refractivity contribution in [2.45, 2.75) is 49.4 Å². The van der Waals surface area contributed by atoms with Crippen LogP contribution in [0.5, 0.6) is 0 Å². The summed E-state index contributed by atoms with van der Waals surface area (Å²) in [5.74, 6) is 1.11. The van der Waals surface area contributed by atoms with E-state index in [1.807, 2.05) is 31.2 Å². The number of thioether (sulfide) groups is 1. The molecule has 2 aromatic heterocycles. The highest BCUT2D eigenvalue weighted by Gasteiger charge is 2.39. The van der Waals surface area contributed by atoms with Crippen molar-refractivity contribution in [2.75, 3.05) is 0 Å². The topological polar surface area (TPSA) is 43.6 Å². The van der Waals surface area contributed by atoms with Crippen molar-refractivity contribution < 1.29 is 4.39 Å². The first-order valence-electron chi connectivity index (χ1n) is 11.0. The summed E-state index contributed by atoms with van der Waals surface area (Å²) in [6.07, 6.45) is 6.47. The lowest BCUT2D eigenvalue weighted by Gasteiger charge is -2.36. The van der Waals surface area contributed by atoms with Crippen LogP contribution in [0.1, 0.15) is 48.1 Å². The second-order valence-electron chi connectivity index (χ2n) is 8.60. The van der Waals surface area contributed by atoms with E-state index < -0.39 is 0 Å². The summed E-state index contributed by atoms with van der Waals surface area (Å²) in [7, 11) is 0. The minimum atomic E-state index is -0.254. The molecule has 0 amide bonds. The summed E-state index contributed by atoms with van der Waals surface area (Å²) in [6, 6.07) is 14.7. The maximum absolute atomic E-state index is 13.8. The van der Waals surface area contributed by atoms with Crippen molar-refractivity contribution >= 4 is 23.4 Å². The number of halogens is 2. The van der Waals surface area contributed by atoms with E-state index in [1.54, 1.807) is 24.2 Å². The largest absolute Gasteiger partial charge is 0.291 e. The highest BCUT2D eigenvalue weighted by Crippen LogP contribution is 2.45. The van der Waals surface area contributed by atoms with Gasteiger partial charge < -0.3 is 0 Å². The third-order valence-corrected chi connectivity index (χ3v) is 7.72. The molecule has 0 spiro atoms. The maximum atomic E-state index is 13.8. The van der Waals surface area contributed by atoms with Crippen LogP contribution in [-0.2, 0) is 17.6 Å². The Balaban J connectivity index is 1.66. The van der Waals surface area contributed by atoms with E-state index in [0.29, 0.717) is 5.75 Å². The molecule has 1 unspecified atom stereocenters. The van der Waals surface area contributed by atoms with Crippen LogP contribution >= 0.6 is 23.4 Å². The zero-order valence-electron chi connectivity index (χ0n) is 18.6. The van der Waals surface area contributed by atoms with E-state index in [4.69, 9.17) is 16.6 Å². The normalized spacial score (nSPS) is 17.7. The van der Waals surface area contributed by atoms with E-state index >= 15 is 0 Å². The van der Waals surface area contributed by atoms with Gasteiger partial charge in [-0.05, 0) is 80.6 Å². The minimum Gasteiger partial charge on any atom is -0.291 e. The average molecular weight is 479 g/mol. The van der Waals surface area contributed by atoms with E-state index in [1.165, 1.54) is 23.4 Å². The van der Waals surface area contributed by atoms with Crippen LogP contribution in [-0.4, -0.2) is 19.5 Å². The molecule has 0 fully saturated rings. The lowest BCUT2D eigenvalue weighted by atomic mass is 9.71. The SMILES string of the molecule is Cc1cc(C2(C)CCCc3nc(SCc4ncccn4)n(-c4ccc(F)cc4)c32)ccc1Cl. The van der Waals surface area contributed by atoms with Crippen molar-refractivity contribution in [2.24, 2.45) is 0 Å². The number of hydrogen-bond acceptors (Lipinski definition) is 4. The summed E-state index contributed by atoms with van der Waals surface area (Å²) in [4.78, 5) is 13.8. The van der Waals surface area contributed by atoms with E-state index in [9.17, 15) is 4.39 Å². The van der Waals surface area contributed by atoms with Gasteiger partial charge >= 0.3 is 0 Å². The molecule has 2 heterocycles. The molecule has 0 radical (unpaired) electrons. The Bertz CT molecular complexity index is 1290. The van der Waals surface area contributed by atoms with Gasteiger partial charge in [0.05, 0.1) is 17.1 Å². The minimum absolute atomic E-state index is 0.244. The quantitative estimate of drug-likeness (QED) is 0.299. The van der Waals surface area contributed by atoms with Gasteiger partial charge in [0.2, 0.25) is 0 Å². The Kier molecular flexibility index (Phi) is 5.97. The Morgan fingerprint density at radius 3 is 2.61 bits per heavy atom. The Morgan fingerprint density at radius 1 is 1.12 bits per heavy atom. The summed E-state index contributed by atoms with van der Waals surface area (Å²) < 4.78 is 16.0. The first-order valence-corrected chi connectivity index (χ1v) is 12.4. The number of aromatic nitrogens is 4. The number of nitrogens with zero attached hydrogens (tertiary/aromatic N) is 4. The summed E-state index contributed by atoms with van der Waals surface area (Å²) in [5, 5.41) is 1.64. The van der Waals surface area contributed by atoms with Crippen LogP contribution in [0, 0.1) is 12.7 Å². The fourth-order valence-electron chi connectivity index (χ4n) is 4.64. The molecule has 1 atom stereocenters. The van der Waals surface area contributed by atoms with Gasteiger partial charge in [0.15, 0.2) is 5.16 Å². The van der Waals surface area contributed by atoms with Gasteiger partial charge in [-0.15, -0.1) is 0 Å². The van der Waals surface area contributed by atoms with Gasteiger partial charge in [-0.25, -0.2) is 19.3 Å². The fourth-order valence-corrected chi connectivity index (χ4v) is 5.66. The third-order valence-electron chi connectivity index (χ3n) is 6.36. The number of benzene rings is 2. The Hall–Kier alpha value is -2.70. The number of hydrogen-bond donors (Lipinski definition) is 0. The average Bonchev–Trinajstić information content (AvgIpc) is 3.21. The summed E-state index contributed by atoms with van der Waals surface area (Å²) >= 11 is 7.95. The van der Waals surface area contributed by atoms with Gasteiger partial charge in [0.1, 0.15) is 11.6 Å². The van der Waals surface area contributed by atoms with Gasteiger partial charge in [0.25, 0.3) is 0 Å². The van der Waals surface area contributed by atoms with Gasteiger partial charge in [0, 0.05) is 28.5 Å². The molecule has 1 aliphatic rings. The second-order valence-corrected chi connectivity index (χ2v) is 9.95. The van der Waals surface area contributed by atoms with Crippen molar-refractivity contribution in [1.29, 1.82) is 0 Å². The predicted molar refractivity (Wildman–Crippen MR) is 131 cm³/mol. The molecule has 0 saturated carbocycles. The lowest BCUT2D eigenvalue weighted by molar-refractivity contribution is 0.442. The highest BCUT2D eigenvalue weighted by molar-refractivity contribution is 7.98. The molecule has 5 rings (SSSR count). The molecule has 168 valence electrons. The smallest absolute Gasteiger partial charge is 0.173 e. The number of rotatable bonds is 5. The van der Waals surface area contributed by atoms with Gasteiger partial charge in [-0.1, -0.05) is 35.5 Å². The third kappa shape index (κ3) is 4.18. The molecular formula is C26H24ClFN4S. The fraction of sp³-hybridized carbons (Fsp3) is 0.269. The zero-order chi connectivity index (χ0) is 23.0. The molecule has 0 aliphatic heterocycles. The maximum Gasteiger partial charge on any atom is 0.173 e. The molecule has 4 aromatic rings. The van der Waals surface area contributed by atoms with Crippen LogP contribution < -0.4 is 0 Å². The van der Waals surface area contributed by atoms with Crippen LogP contribution in [0.3, 0.4) is 0 Å². The molecule has 7 heteroatoms. The van der Waals surface area contributed by atoms with Crippen LogP contribution in [0.25, 0.3) is 5.69 Å². The van der Waals surface area contributed by atoms with Gasteiger partial charge in [-0.3, -0.25) is 4.57 Å². The van der Waals surface area contributed by atoms with Crippen LogP contribution in [0.15, 0.2) is 66.1 Å². The molecule has 4 nitrogen and oxygen atoms in total. The van der Waals surface area contributed by atoms with Crippen molar-refractivity contribution in [1.82, 2.24) is 19.5 Å². The first kappa shape index (κ1) is 22.1. The number of aryl methyl sites for hydroxylation is 2. The number of fused-ring (bicyclic) bond motifs is 1. The van der Waals surface area contributed by atoms with E-state index in [2.05, 4.69) is 33.6 Å². The van der Waals surface area contributed by atoms with Crippen molar-refractivity contribution in [3.63, 3.8) is 0 Å². The second kappa shape index (κ2) is 8.92.